The van der Waals surface area contributed by atoms with Crippen molar-refractivity contribution in [3.8, 4) is 0 Å². The third kappa shape index (κ3) is 3.15. The first-order valence-corrected chi connectivity index (χ1v) is 6.32. The van der Waals surface area contributed by atoms with E-state index in [1.165, 1.54) is 29.8 Å². The summed E-state index contributed by atoms with van der Waals surface area (Å²) in [4.78, 5) is 12.6. The van der Waals surface area contributed by atoms with Gasteiger partial charge in [-0.1, -0.05) is 12.1 Å². The summed E-state index contributed by atoms with van der Waals surface area (Å²) >= 11 is 2.53. The van der Waals surface area contributed by atoms with Gasteiger partial charge in [0.25, 0.3) is 0 Å². The summed E-state index contributed by atoms with van der Waals surface area (Å²) in [5.41, 5.74) is -1.92. The van der Waals surface area contributed by atoms with Crippen LogP contribution in [0, 0.1) is 0 Å². The third-order valence-corrected chi connectivity index (χ3v) is 4.15. The van der Waals surface area contributed by atoms with Crippen LogP contribution in [0.4, 0.5) is 0 Å². The molecule has 0 aliphatic heterocycles. The smallest absolute Gasteiger partial charge is 1.00 e. The number of hydrogen-bond acceptors (Lipinski definition) is 5. The van der Waals surface area contributed by atoms with E-state index in [-0.39, 0.29) is 40.0 Å². The third-order valence-electron chi connectivity index (χ3n) is 2.21. The van der Waals surface area contributed by atoms with Crippen LogP contribution in [-0.4, -0.2) is 36.1 Å². The minimum absolute atomic E-state index is 0. The van der Waals surface area contributed by atoms with E-state index in [0.29, 0.717) is 9.75 Å². The number of halogens is 1. The molecule has 92 valence electrons. The Morgan fingerprint density at radius 2 is 1.67 bits per heavy atom. The first kappa shape index (κ1) is 18.1. The molecule has 0 bridgehead atoms. The average molecular weight is 358 g/mol. The molecule has 0 spiro atoms. The minimum Gasteiger partial charge on any atom is -1.00 e. The molecule has 7 heteroatoms. The van der Waals surface area contributed by atoms with Crippen molar-refractivity contribution in [1.29, 1.82) is 0 Å². The Kier molecular flexibility index (Phi) is 7.65. The standard InChI is InChI=1S/C11H9O3S2.BrH.Mg/c1-14-10(12)11(13,8-4-2-6-15-8)9-5-3-7-16-9;;/h2-7H,1H3;1H;/q-1;;+2/p-1. The van der Waals surface area contributed by atoms with Gasteiger partial charge in [-0.25, -0.2) is 0 Å². The van der Waals surface area contributed by atoms with Crippen molar-refractivity contribution in [3.05, 3.63) is 44.8 Å². The second-order valence-electron chi connectivity index (χ2n) is 3.13. The number of thiophene rings is 2. The van der Waals surface area contributed by atoms with Crippen LogP contribution >= 0.6 is 22.7 Å². The molecule has 0 N–H and O–H groups in total. The van der Waals surface area contributed by atoms with Crippen molar-refractivity contribution in [2.45, 2.75) is 5.60 Å². The molecule has 0 unspecified atom stereocenters. The van der Waals surface area contributed by atoms with Crippen LogP contribution in [0.25, 0.3) is 0 Å². The molecule has 2 heterocycles. The Labute approximate surface area is 140 Å². The molecule has 0 aromatic carbocycles. The maximum atomic E-state index is 12.7. The van der Waals surface area contributed by atoms with Gasteiger partial charge < -0.3 is 26.8 Å². The van der Waals surface area contributed by atoms with Crippen molar-refractivity contribution < 1.29 is 31.6 Å². The van der Waals surface area contributed by atoms with Crippen molar-refractivity contribution in [2.75, 3.05) is 7.11 Å². The van der Waals surface area contributed by atoms with Gasteiger partial charge in [0.05, 0.1) is 12.7 Å². The predicted molar refractivity (Wildman–Crippen MR) is 67.2 cm³/mol. The monoisotopic (exact) mass is 356 g/mol. The van der Waals surface area contributed by atoms with Gasteiger partial charge in [0, 0.05) is 9.75 Å². The molecule has 3 nitrogen and oxygen atoms in total. The molecule has 0 aliphatic carbocycles. The largest absolute Gasteiger partial charge is 2.00 e. The molecule has 18 heavy (non-hydrogen) atoms. The van der Waals surface area contributed by atoms with Crippen molar-refractivity contribution >= 4 is 51.7 Å². The van der Waals surface area contributed by atoms with Crippen LogP contribution in [-0.2, 0) is 15.1 Å². The summed E-state index contributed by atoms with van der Waals surface area (Å²) < 4.78 is 4.62. The Hall–Kier alpha value is 0.0762. The van der Waals surface area contributed by atoms with Crippen LogP contribution in [0.2, 0.25) is 0 Å². The van der Waals surface area contributed by atoms with E-state index in [1.807, 2.05) is 0 Å². The maximum Gasteiger partial charge on any atom is 2.00 e. The van der Waals surface area contributed by atoms with Crippen LogP contribution in [0.3, 0.4) is 0 Å². The molecule has 0 saturated carbocycles. The van der Waals surface area contributed by atoms with E-state index in [4.69, 9.17) is 0 Å². The molecular weight excluding hydrogens is 348 g/mol. The van der Waals surface area contributed by atoms with E-state index in [0.717, 1.165) is 0 Å². The fourth-order valence-corrected chi connectivity index (χ4v) is 3.13. The zero-order chi connectivity index (χ0) is 11.6. The zero-order valence-corrected chi connectivity index (χ0v) is 14.2. The molecule has 0 atom stereocenters. The van der Waals surface area contributed by atoms with Gasteiger partial charge >= 0.3 is 29.0 Å². The molecule has 0 fully saturated rings. The molecule has 2 aromatic rings. The van der Waals surface area contributed by atoms with E-state index >= 15 is 0 Å². The Morgan fingerprint density at radius 3 is 1.94 bits per heavy atom. The van der Waals surface area contributed by atoms with E-state index < -0.39 is 11.6 Å². The Balaban J connectivity index is 0.00000144. The van der Waals surface area contributed by atoms with Crippen molar-refractivity contribution in [1.82, 2.24) is 0 Å². The molecule has 0 aliphatic rings. The number of rotatable bonds is 3. The van der Waals surface area contributed by atoms with E-state index in [9.17, 15) is 9.90 Å². The molecule has 2 aromatic heterocycles. The van der Waals surface area contributed by atoms with Crippen LogP contribution in [0.1, 0.15) is 9.75 Å². The topological polar surface area (TPSA) is 49.4 Å². The first-order chi connectivity index (χ1) is 7.69. The molecule has 0 saturated heterocycles. The maximum absolute atomic E-state index is 12.7. The average Bonchev–Trinajstić information content (AvgIpc) is 2.98. The number of carbonyl (C=O) groups excluding carboxylic acids is 1. The zero-order valence-electron chi connectivity index (χ0n) is 9.59. The Morgan fingerprint density at radius 1 is 1.22 bits per heavy atom. The first-order valence-electron chi connectivity index (χ1n) is 4.56. The van der Waals surface area contributed by atoms with Gasteiger partial charge in [0.2, 0.25) is 0 Å². The summed E-state index contributed by atoms with van der Waals surface area (Å²) in [6, 6.07) is 6.83. The van der Waals surface area contributed by atoms with Crippen molar-refractivity contribution in [2.24, 2.45) is 0 Å². The van der Waals surface area contributed by atoms with Crippen LogP contribution in [0.15, 0.2) is 35.0 Å². The van der Waals surface area contributed by atoms with Crippen molar-refractivity contribution in [3.63, 3.8) is 0 Å². The van der Waals surface area contributed by atoms with E-state index in [2.05, 4.69) is 4.74 Å². The molecule has 2 rings (SSSR count). The predicted octanol–water partition coefficient (Wildman–Crippen LogP) is -1.79. The number of hydrogen-bond donors (Lipinski definition) is 0. The Bertz CT molecular complexity index is 436. The van der Waals surface area contributed by atoms with E-state index in [1.54, 1.807) is 35.0 Å². The van der Waals surface area contributed by atoms with Crippen LogP contribution < -0.4 is 22.1 Å². The summed E-state index contributed by atoms with van der Waals surface area (Å²) in [5, 5.41) is 16.3. The fraction of sp³-hybridized carbons (Fsp3) is 0.182. The molecular formula is C11H9BrMgO3S2. The minimum atomic E-state index is -1.92. The van der Waals surface area contributed by atoms with Gasteiger partial charge in [0.15, 0.2) is 0 Å². The van der Waals surface area contributed by atoms with Gasteiger partial charge in [-0.05, 0) is 22.9 Å². The fourth-order valence-electron chi connectivity index (χ4n) is 1.42. The normalized spacial score (nSPS) is 10.1. The number of methoxy groups -OCH3 is 1. The molecule has 0 amide bonds. The van der Waals surface area contributed by atoms with Crippen LogP contribution in [0.5, 0.6) is 0 Å². The second-order valence-corrected chi connectivity index (χ2v) is 5.02. The summed E-state index contributed by atoms with van der Waals surface area (Å²) in [7, 11) is 1.23. The number of carbonyl (C=O) groups is 1. The van der Waals surface area contributed by atoms with Gasteiger partial charge in [0.1, 0.15) is 0 Å². The summed E-state index contributed by atoms with van der Waals surface area (Å²) in [6.07, 6.45) is 0. The SMILES string of the molecule is COC(=O)C([O-])(c1cccs1)c1cccs1.[Br-].[Mg+2]. The number of ether oxygens (including phenoxy) is 1. The molecule has 0 radical (unpaired) electrons. The number of esters is 1. The summed E-state index contributed by atoms with van der Waals surface area (Å²) in [6.45, 7) is 0. The summed E-state index contributed by atoms with van der Waals surface area (Å²) in [5.74, 6) is -0.766. The van der Waals surface area contributed by atoms with Gasteiger partial charge in [-0.2, -0.15) is 0 Å². The quantitative estimate of drug-likeness (QED) is 0.482. The second kappa shape index (κ2) is 7.61. The van der Waals surface area contributed by atoms with Gasteiger partial charge in [-0.3, -0.25) is 4.79 Å². The van der Waals surface area contributed by atoms with Gasteiger partial charge in [-0.15, -0.1) is 22.7 Å².